The highest BCUT2D eigenvalue weighted by molar-refractivity contribution is 5.95. The molecular weight excluding hydrogens is 537 g/mol. The molecule has 2 amide bonds. The van der Waals surface area contributed by atoms with Crippen molar-refractivity contribution >= 4 is 11.8 Å². The molecule has 4 rings (SSSR count). The molecule has 212 valence electrons. The molecule has 0 atom stereocenters. The molecular formula is C27H26F5N5O3. The van der Waals surface area contributed by atoms with Crippen LogP contribution in [0.15, 0.2) is 41.2 Å². The van der Waals surface area contributed by atoms with Gasteiger partial charge in [0, 0.05) is 31.6 Å². The van der Waals surface area contributed by atoms with Crippen molar-refractivity contribution in [2.75, 3.05) is 13.1 Å². The maximum Gasteiger partial charge on any atom is 0.433 e. The number of benzene rings is 1. The van der Waals surface area contributed by atoms with E-state index in [2.05, 4.69) is 15.3 Å². The molecule has 1 aromatic carbocycles. The van der Waals surface area contributed by atoms with Crippen molar-refractivity contribution in [3.05, 3.63) is 92.4 Å². The Morgan fingerprint density at radius 1 is 1.02 bits per heavy atom. The van der Waals surface area contributed by atoms with Crippen LogP contribution in [0.3, 0.4) is 0 Å². The topological polar surface area (TPSA) is 97.2 Å². The molecule has 13 heteroatoms. The van der Waals surface area contributed by atoms with Crippen LogP contribution in [0, 0.1) is 18.6 Å². The number of amides is 2. The predicted octanol–water partition coefficient (Wildman–Crippen LogP) is 3.66. The maximum absolute atomic E-state index is 14.0. The number of nitrogens with zero attached hydrogens (tertiary/aromatic N) is 4. The van der Waals surface area contributed by atoms with Crippen molar-refractivity contribution < 1.29 is 31.5 Å². The third-order valence-electron chi connectivity index (χ3n) is 6.92. The summed E-state index contributed by atoms with van der Waals surface area (Å²) in [4.78, 5) is 48.4. The molecule has 0 aliphatic carbocycles. The molecule has 1 saturated heterocycles. The Morgan fingerprint density at radius 3 is 2.27 bits per heavy atom. The van der Waals surface area contributed by atoms with Gasteiger partial charge in [0.1, 0.15) is 28.7 Å². The molecule has 1 N–H and O–H groups in total. The number of nitrogens with one attached hydrogen (secondary N) is 1. The van der Waals surface area contributed by atoms with Gasteiger partial charge in [-0.1, -0.05) is 12.1 Å². The molecule has 8 nitrogen and oxygen atoms in total. The number of hydrogen-bond donors (Lipinski definition) is 1. The largest absolute Gasteiger partial charge is 0.433 e. The van der Waals surface area contributed by atoms with E-state index in [9.17, 15) is 36.3 Å². The quantitative estimate of drug-likeness (QED) is 0.462. The van der Waals surface area contributed by atoms with Crippen LogP contribution in [-0.2, 0) is 31.0 Å². The number of alkyl halides is 3. The maximum atomic E-state index is 14.0. The number of likely N-dealkylation sites (tertiary alicyclic amines) is 1. The second kappa shape index (κ2) is 11.5. The van der Waals surface area contributed by atoms with Gasteiger partial charge in [-0.2, -0.15) is 13.2 Å². The van der Waals surface area contributed by atoms with Gasteiger partial charge < -0.3 is 10.2 Å². The summed E-state index contributed by atoms with van der Waals surface area (Å²) in [5, 5.41) is 2.47. The smallest absolute Gasteiger partial charge is 0.346 e. The van der Waals surface area contributed by atoms with Gasteiger partial charge in [-0.05, 0) is 44.0 Å². The highest BCUT2D eigenvalue weighted by Crippen LogP contribution is 2.30. The zero-order chi connectivity index (χ0) is 29.2. The first-order valence-corrected chi connectivity index (χ1v) is 12.5. The molecule has 40 heavy (non-hydrogen) atoms. The lowest BCUT2D eigenvalue weighted by atomic mass is 9.90. The van der Waals surface area contributed by atoms with E-state index in [1.165, 1.54) is 34.7 Å². The van der Waals surface area contributed by atoms with Crippen molar-refractivity contribution in [2.45, 2.75) is 44.8 Å². The fourth-order valence-corrected chi connectivity index (χ4v) is 4.60. The van der Waals surface area contributed by atoms with E-state index < -0.39 is 47.3 Å². The Balaban J connectivity index is 1.49. The number of hydrogen-bond acceptors (Lipinski definition) is 5. The molecule has 2 aromatic heterocycles. The van der Waals surface area contributed by atoms with Crippen molar-refractivity contribution in [3.8, 4) is 0 Å². The van der Waals surface area contributed by atoms with Crippen LogP contribution >= 0.6 is 0 Å². The molecule has 0 radical (unpaired) electrons. The lowest BCUT2D eigenvalue weighted by Gasteiger charge is -2.32. The van der Waals surface area contributed by atoms with E-state index in [0.717, 1.165) is 18.2 Å². The third-order valence-corrected chi connectivity index (χ3v) is 6.92. The average molecular weight is 564 g/mol. The SMILES string of the molecule is Cc1nc(C2CCN(C(=O)Cc3c(F)cccc3F)CC2)c(C(=O)NCc2cccc(C(F)(F)F)n2)c(=O)n1C. The zero-order valence-corrected chi connectivity index (χ0v) is 21.7. The van der Waals surface area contributed by atoms with Crippen LogP contribution in [0.2, 0.25) is 0 Å². The number of rotatable bonds is 6. The van der Waals surface area contributed by atoms with Gasteiger partial charge in [-0.15, -0.1) is 0 Å². The van der Waals surface area contributed by atoms with Gasteiger partial charge in [0.05, 0.1) is 24.4 Å². The van der Waals surface area contributed by atoms with E-state index in [4.69, 9.17) is 0 Å². The number of carbonyl (C=O) groups is 2. The minimum absolute atomic E-state index is 0.0419. The second-order valence-corrected chi connectivity index (χ2v) is 9.51. The summed E-state index contributed by atoms with van der Waals surface area (Å²) >= 11 is 0. The summed E-state index contributed by atoms with van der Waals surface area (Å²) in [7, 11) is 1.45. The number of aryl methyl sites for hydroxylation is 1. The van der Waals surface area contributed by atoms with Gasteiger partial charge in [0.2, 0.25) is 5.91 Å². The normalized spacial score (nSPS) is 14.3. The highest BCUT2D eigenvalue weighted by atomic mass is 19.4. The molecule has 3 heterocycles. The van der Waals surface area contributed by atoms with Gasteiger partial charge >= 0.3 is 6.18 Å². The van der Waals surface area contributed by atoms with Crippen molar-refractivity contribution in [3.63, 3.8) is 0 Å². The summed E-state index contributed by atoms with van der Waals surface area (Å²) in [6.45, 7) is 1.68. The highest BCUT2D eigenvalue weighted by Gasteiger charge is 2.33. The summed E-state index contributed by atoms with van der Waals surface area (Å²) in [6.07, 6.45) is -4.42. The molecule has 0 bridgehead atoms. The van der Waals surface area contributed by atoms with E-state index in [1.807, 2.05) is 0 Å². The van der Waals surface area contributed by atoms with Gasteiger partial charge in [-0.3, -0.25) is 19.0 Å². The van der Waals surface area contributed by atoms with Crippen molar-refractivity contribution in [1.29, 1.82) is 0 Å². The summed E-state index contributed by atoms with van der Waals surface area (Å²) < 4.78 is 68.1. The zero-order valence-electron chi connectivity index (χ0n) is 21.7. The van der Waals surface area contributed by atoms with Crippen LogP contribution in [0.5, 0.6) is 0 Å². The van der Waals surface area contributed by atoms with Gasteiger partial charge in [0.15, 0.2) is 0 Å². The Kier molecular flexibility index (Phi) is 8.31. The molecule has 1 aliphatic heterocycles. The first-order chi connectivity index (χ1) is 18.9. The lowest BCUT2D eigenvalue weighted by molar-refractivity contribution is -0.141. The van der Waals surface area contributed by atoms with Crippen LogP contribution in [0.4, 0.5) is 22.0 Å². The molecule has 1 aliphatic rings. The van der Waals surface area contributed by atoms with E-state index >= 15 is 0 Å². The molecule has 1 fully saturated rings. The predicted molar refractivity (Wildman–Crippen MR) is 133 cm³/mol. The molecule has 0 unspecified atom stereocenters. The number of carbonyl (C=O) groups excluding carboxylic acids is 2. The minimum atomic E-state index is -4.65. The number of halogens is 5. The first-order valence-electron chi connectivity index (χ1n) is 12.5. The van der Waals surface area contributed by atoms with E-state index in [0.29, 0.717) is 18.7 Å². The van der Waals surface area contributed by atoms with Crippen molar-refractivity contribution in [2.24, 2.45) is 7.05 Å². The fraction of sp³-hybridized carbons (Fsp3) is 0.370. The summed E-state index contributed by atoms with van der Waals surface area (Å²) in [5.41, 5.74) is -2.09. The van der Waals surface area contributed by atoms with Crippen LogP contribution in [0.1, 0.15) is 57.6 Å². The fourth-order valence-electron chi connectivity index (χ4n) is 4.60. The average Bonchev–Trinajstić information content (AvgIpc) is 2.92. The van der Waals surface area contributed by atoms with E-state index in [-0.39, 0.29) is 48.1 Å². The van der Waals surface area contributed by atoms with Gasteiger partial charge in [0.25, 0.3) is 11.5 Å². The molecule has 0 saturated carbocycles. The van der Waals surface area contributed by atoms with Crippen LogP contribution in [-0.4, -0.2) is 44.3 Å². The Morgan fingerprint density at radius 2 is 1.65 bits per heavy atom. The monoisotopic (exact) mass is 563 g/mol. The van der Waals surface area contributed by atoms with Crippen molar-refractivity contribution in [1.82, 2.24) is 24.8 Å². The number of piperidine rings is 1. The number of aromatic nitrogens is 3. The number of pyridine rings is 1. The molecule has 0 spiro atoms. The molecule has 3 aromatic rings. The van der Waals surface area contributed by atoms with Crippen LogP contribution < -0.4 is 10.9 Å². The second-order valence-electron chi connectivity index (χ2n) is 9.51. The first kappa shape index (κ1) is 28.8. The third kappa shape index (κ3) is 6.18. The summed E-state index contributed by atoms with van der Waals surface area (Å²) in [5.74, 6) is -2.91. The standard InChI is InChI=1S/C27H26F5N5O3/c1-15-34-24(16-9-11-37(12-10-16)22(38)13-18-19(28)6-4-7-20(18)29)23(26(40)36(15)2)25(39)33-14-17-5-3-8-21(35-17)27(30,31)32/h3-8,16H,9-14H2,1-2H3,(H,33,39). The van der Waals surface area contributed by atoms with Crippen LogP contribution in [0.25, 0.3) is 0 Å². The Bertz CT molecular complexity index is 1480. The Hall–Kier alpha value is -4.16. The minimum Gasteiger partial charge on any atom is -0.346 e. The lowest BCUT2D eigenvalue weighted by Crippen LogP contribution is -2.41. The summed E-state index contributed by atoms with van der Waals surface area (Å²) in [6, 6.07) is 6.68. The van der Waals surface area contributed by atoms with E-state index in [1.54, 1.807) is 6.92 Å². The van der Waals surface area contributed by atoms with Gasteiger partial charge in [-0.25, -0.2) is 18.7 Å². The Labute approximate surface area is 225 Å².